The average Bonchev–Trinajstić information content (AvgIpc) is 3.24. The number of hydrogen-bond acceptors (Lipinski definition) is 5. The lowest BCUT2D eigenvalue weighted by Gasteiger charge is -2.30. The molecule has 1 aromatic carbocycles. The lowest BCUT2D eigenvalue weighted by molar-refractivity contribution is 0.188. The summed E-state index contributed by atoms with van der Waals surface area (Å²) in [6.45, 7) is 2.86. The van der Waals surface area contributed by atoms with Crippen LogP contribution in [-0.4, -0.2) is 48.9 Å². The van der Waals surface area contributed by atoms with E-state index in [0.717, 1.165) is 16.8 Å². The Balaban J connectivity index is 1.54. The molecule has 33 heavy (non-hydrogen) atoms. The molecule has 3 aromatic rings. The number of carbonyl (C=O) groups is 1. The van der Waals surface area contributed by atoms with Crippen LogP contribution in [0.2, 0.25) is 5.02 Å². The van der Waals surface area contributed by atoms with Crippen molar-refractivity contribution in [3.05, 3.63) is 75.8 Å². The second kappa shape index (κ2) is 9.84. The highest BCUT2D eigenvalue weighted by Gasteiger charge is 2.26. The van der Waals surface area contributed by atoms with Crippen molar-refractivity contribution in [1.29, 1.82) is 0 Å². The first kappa shape index (κ1) is 23.1. The van der Waals surface area contributed by atoms with Gasteiger partial charge in [-0.1, -0.05) is 24.6 Å². The van der Waals surface area contributed by atoms with Crippen molar-refractivity contribution in [2.75, 3.05) is 13.2 Å². The van der Waals surface area contributed by atoms with Crippen LogP contribution in [0.3, 0.4) is 0 Å². The number of aryl methyl sites for hydroxylation is 1. The van der Waals surface area contributed by atoms with Gasteiger partial charge >= 0.3 is 6.03 Å². The molecule has 8 nitrogen and oxygen atoms in total. The minimum absolute atomic E-state index is 0.0219. The summed E-state index contributed by atoms with van der Waals surface area (Å²) >= 11 is 5.85. The summed E-state index contributed by atoms with van der Waals surface area (Å²) in [5, 5.41) is 16.5. The maximum Gasteiger partial charge on any atom is 0.318 e. The van der Waals surface area contributed by atoms with Crippen molar-refractivity contribution in [2.24, 2.45) is 13.0 Å². The van der Waals surface area contributed by atoms with Crippen LogP contribution in [0.4, 0.5) is 9.18 Å². The number of benzene rings is 1. The van der Waals surface area contributed by atoms with Gasteiger partial charge in [-0.2, -0.15) is 5.10 Å². The number of fused-ring (bicyclic) bond motifs is 1. The summed E-state index contributed by atoms with van der Waals surface area (Å²) in [5.41, 5.74) is 3.12. The molecular formula is C23H26ClFN6O2. The van der Waals surface area contributed by atoms with E-state index < -0.39 is 11.9 Å². The maximum atomic E-state index is 14.2. The third kappa shape index (κ3) is 5.31. The monoisotopic (exact) mass is 472 g/mol. The molecule has 174 valence electrons. The van der Waals surface area contributed by atoms with Gasteiger partial charge in [0, 0.05) is 44.6 Å². The second-order valence-corrected chi connectivity index (χ2v) is 8.83. The standard InChI is InChI=1S/C23H26ClFN6O2/c1-14(13-32)7-21-26-9-16-5-6-31(12-20(16)28-21)23(33)29-22(17-10-27-30(2)11-17)15-3-4-18(24)19(25)8-15/h3-4,8-11,14,22,32H,5-7,12-13H2,1-2H3,(H,29,33)/t14-,22?/m1/s1. The molecule has 0 aliphatic carbocycles. The summed E-state index contributed by atoms with van der Waals surface area (Å²) in [6.07, 6.45) is 6.45. The van der Waals surface area contributed by atoms with E-state index in [2.05, 4.69) is 20.4 Å². The molecule has 0 spiro atoms. The number of amides is 2. The van der Waals surface area contributed by atoms with Crippen molar-refractivity contribution < 1.29 is 14.3 Å². The van der Waals surface area contributed by atoms with Crippen LogP contribution in [-0.2, 0) is 26.4 Å². The molecule has 2 aromatic heterocycles. The topological polar surface area (TPSA) is 96.2 Å². The van der Waals surface area contributed by atoms with Crippen molar-refractivity contribution >= 4 is 17.6 Å². The van der Waals surface area contributed by atoms with E-state index >= 15 is 0 Å². The molecule has 4 rings (SSSR count). The number of hydrogen-bond donors (Lipinski definition) is 2. The van der Waals surface area contributed by atoms with Gasteiger partial charge in [-0.25, -0.2) is 19.2 Å². The molecule has 3 heterocycles. The van der Waals surface area contributed by atoms with E-state index in [4.69, 9.17) is 11.6 Å². The number of nitrogens with zero attached hydrogens (tertiary/aromatic N) is 5. The van der Waals surface area contributed by atoms with Gasteiger partial charge in [0.25, 0.3) is 0 Å². The summed E-state index contributed by atoms with van der Waals surface area (Å²) < 4.78 is 15.8. The van der Waals surface area contributed by atoms with Gasteiger partial charge in [0.2, 0.25) is 0 Å². The zero-order valence-corrected chi connectivity index (χ0v) is 19.3. The number of aliphatic hydroxyl groups excluding tert-OH is 1. The Morgan fingerprint density at radius 3 is 2.85 bits per heavy atom. The second-order valence-electron chi connectivity index (χ2n) is 8.42. The minimum atomic E-state index is -0.592. The first-order valence-electron chi connectivity index (χ1n) is 10.8. The van der Waals surface area contributed by atoms with Gasteiger partial charge in [-0.15, -0.1) is 0 Å². The van der Waals surface area contributed by atoms with E-state index in [9.17, 15) is 14.3 Å². The van der Waals surface area contributed by atoms with E-state index in [1.807, 2.05) is 13.1 Å². The molecule has 1 aliphatic rings. The van der Waals surface area contributed by atoms with Crippen LogP contribution >= 0.6 is 11.6 Å². The summed E-state index contributed by atoms with van der Waals surface area (Å²) in [4.78, 5) is 23.9. The number of nitrogens with one attached hydrogen (secondary N) is 1. The van der Waals surface area contributed by atoms with Crippen LogP contribution in [0.1, 0.15) is 41.2 Å². The number of aliphatic hydroxyl groups is 1. The van der Waals surface area contributed by atoms with Crippen LogP contribution < -0.4 is 5.32 Å². The molecule has 2 N–H and O–H groups in total. The van der Waals surface area contributed by atoms with Gasteiger partial charge in [-0.3, -0.25) is 4.68 Å². The zero-order valence-electron chi connectivity index (χ0n) is 18.5. The van der Waals surface area contributed by atoms with Gasteiger partial charge in [0.1, 0.15) is 11.6 Å². The molecule has 1 aliphatic heterocycles. The Hall–Kier alpha value is -3.04. The van der Waals surface area contributed by atoms with Gasteiger partial charge in [0.05, 0.1) is 29.5 Å². The van der Waals surface area contributed by atoms with E-state index in [-0.39, 0.29) is 23.6 Å². The molecule has 2 amide bonds. The summed E-state index contributed by atoms with van der Waals surface area (Å²) in [6, 6.07) is 3.62. The number of rotatable bonds is 6. The van der Waals surface area contributed by atoms with E-state index in [0.29, 0.717) is 37.3 Å². The van der Waals surface area contributed by atoms with Crippen molar-refractivity contribution in [1.82, 2.24) is 30.0 Å². The zero-order chi connectivity index (χ0) is 23.5. The average molecular weight is 473 g/mol. The highest BCUT2D eigenvalue weighted by molar-refractivity contribution is 6.30. The van der Waals surface area contributed by atoms with Crippen molar-refractivity contribution in [2.45, 2.75) is 32.4 Å². The Bertz CT molecular complexity index is 1150. The Kier molecular flexibility index (Phi) is 6.90. The fourth-order valence-electron chi connectivity index (χ4n) is 3.85. The van der Waals surface area contributed by atoms with Gasteiger partial charge in [0.15, 0.2) is 0 Å². The van der Waals surface area contributed by atoms with Crippen LogP contribution in [0.25, 0.3) is 0 Å². The highest BCUT2D eigenvalue weighted by atomic mass is 35.5. The summed E-state index contributed by atoms with van der Waals surface area (Å²) in [7, 11) is 1.78. The third-order valence-electron chi connectivity index (χ3n) is 5.73. The predicted molar refractivity (Wildman–Crippen MR) is 121 cm³/mol. The molecule has 10 heteroatoms. The molecule has 2 atom stereocenters. The number of urea groups is 1. The highest BCUT2D eigenvalue weighted by Crippen LogP contribution is 2.26. The normalized spacial score (nSPS) is 15.1. The first-order valence-corrected chi connectivity index (χ1v) is 11.1. The van der Waals surface area contributed by atoms with Crippen LogP contribution in [0, 0.1) is 11.7 Å². The Morgan fingerprint density at radius 1 is 1.33 bits per heavy atom. The quantitative estimate of drug-likeness (QED) is 0.575. The number of aromatic nitrogens is 4. The molecular weight excluding hydrogens is 447 g/mol. The summed E-state index contributed by atoms with van der Waals surface area (Å²) in [5.74, 6) is 0.166. The molecule has 0 radical (unpaired) electrons. The van der Waals surface area contributed by atoms with E-state index in [1.54, 1.807) is 35.1 Å². The molecule has 0 saturated carbocycles. The molecule has 0 fully saturated rings. The lowest BCUT2D eigenvalue weighted by atomic mass is 10.0. The van der Waals surface area contributed by atoms with Crippen molar-refractivity contribution in [3.8, 4) is 0 Å². The van der Waals surface area contributed by atoms with E-state index in [1.165, 1.54) is 12.1 Å². The minimum Gasteiger partial charge on any atom is -0.396 e. The fraction of sp³-hybridized carbons (Fsp3) is 0.391. The largest absolute Gasteiger partial charge is 0.396 e. The predicted octanol–water partition coefficient (Wildman–Crippen LogP) is 3.03. The molecule has 1 unspecified atom stereocenters. The third-order valence-corrected chi connectivity index (χ3v) is 6.04. The fourth-order valence-corrected chi connectivity index (χ4v) is 3.96. The number of carbonyl (C=O) groups excluding carboxylic acids is 1. The SMILES string of the molecule is C[C@@H](CO)Cc1ncc2c(n1)CN(C(=O)NC(c1ccc(Cl)c(F)c1)c1cnn(C)c1)CC2. The van der Waals surface area contributed by atoms with Gasteiger partial charge in [-0.05, 0) is 35.6 Å². The lowest BCUT2D eigenvalue weighted by Crippen LogP contribution is -2.44. The molecule has 0 saturated heterocycles. The van der Waals surface area contributed by atoms with Gasteiger partial charge < -0.3 is 15.3 Å². The Labute approximate surface area is 196 Å². The smallest absolute Gasteiger partial charge is 0.318 e. The van der Waals surface area contributed by atoms with Crippen LogP contribution in [0.15, 0.2) is 36.8 Å². The van der Waals surface area contributed by atoms with Crippen molar-refractivity contribution in [3.63, 3.8) is 0 Å². The number of halogens is 2. The maximum absolute atomic E-state index is 14.2. The van der Waals surface area contributed by atoms with Crippen LogP contribution in [0.5, 0.6) is 0 Å². The molecule has 0 bridgehead atoms. The Morgan fingerprint density at radius 2 is 2.15 bits per heavy atom. The first-order chi connectivity index (χ1) is 15.8.